The number of nitrogens with zero attached hydrogens (tertiary/aromatic N) is 1. The van der Waals surface area contributed by atoms with Gasteiger partial charge in [0.15, 0.2) is 0 Å². The SMILES string of the molecule is CC[C@H](NC(=O)CN(c1ccc(C)c(C)c1)S(C)(=O)=O)c1ccc(OC)c(C)c1. The molecule has 158 valence electrons. The van der Waals surface area contributed by atoms with E-state index in [1.54, 1.807) is 19.2 Å². The molecule has 0 aliphatic carbocycles. The van der Waals surface area contributed by atoms with Crippen molar-refractivity contribution in [1.82, 2.24) is 5.32 Å². The number of carbonyl (C=O) groups is 1. The highest BCUT2D eigenvalue weighted by molar-refractivity contribution is 7.92. The molecule has 0 aromatic heterocycles. The second kappa shape index (κ2) is 9.31. The summed E-state index contributed by atoms with van der Waals surface area (Å²) in [5, 5.41) is 2.96. The number of nitrogens with one attached hydrogen (secondary N) is 1. The van der Waals surface area contributed by atoms with Crippen LogP contribution < -0.4 is 14.4 Å². The number of hydrogen-bond donors (Lipinski definition) is 1. The van der Waals surface area contributed by atoms with Crippen LogP contribution in [-0.4, -0.2) is 34.2 Å². The van der Waals surface area contributed by atoms with E-state index < -0.39 is 10.0 Å². The van der Waals surface area contributed by atoms with E-state index >= 15 is 0 Å². The number of anilines is 1. The second-order valence-electron chi connectivity index (χ2n) is 7.30. The van der Waals surface area contributed by atoms with Crippen molar-refractivity contribution >= 4 is 21.6 Å². The van der Waals surface area contributed by atoms with Crippen molar-refractivity contribution in [3.8, 4) is 5.75 Å². The van der Waals surface area contributed by atoms with E-state index in [9.17, 15) is 13.2 Å². The van der Waals surface area contributed by atoms with Gasteiger partial charge in [0.1, 0.15) is 12.3 Å². The molecule has 1 amide bonds. The molecule has 29 heavy (non-hydrogen) atoms. The van der Waals surface area contributed by atoms with Crippen LogP contribution in [0.3, 0.4) is 0 Å². The topological polar surface area (TPSA) is 75.7 Å². The number of aryl methyl sites for hydroxylation is 3. The predicted octanol–water partition coefficient (Wildman–Crippen LogP) is 3.65. The fourth-order valence-electron chi connectivity index (χ4n) is 3.19. The molecular weight excluding hydrogens is 388 g/mol. The number of carbonyl (C=O) groups excluding carboxylic acids is 1. The summed E-state index contributed by atoms with van der Waals surface area (Å²) < 4.78 is 31.1. The number of amides is 1. The summed E-state index contributed by atoms with van der Waals surface area (Å²) in [5.41, 5.74) is 4.45. The van der Waals surface area contributed by atoms with Crippen molar-refractivity contribution in [2.45, 2.75) is 40.2 Å². The Morgan fingerprint density at radius 1 is 1.07 bits per heavy atom. The quantitative estimate of drug-likeness (QED) is 0.710. The molecule has 0 saturated carbocycles. The first kappa shape index (κ1) is 22.7. The Labute approximate surface area is 173 Å². The van der Waals surface area contributed by atoms with Crippen LogP contribution in [0, 0.1) is 20.8 Å². The van der Waals surface area contributed by atoms with E-state index in [1.807, 2.05) is 52.0 Å². The van der Waals surface area contributed by atoms with E-state index in [1.165, 1.54) is 0 Å². The van der Waals surface area contributed by atoms with Crippen LogP contribution in [0.15, 0.2) is 36.4 Å². The molecule has 0 radical (unpaired) electrons. The standard InChI is InChI=1S/C22H30N2O4S/c1-7-20(18-9-11-21(28-5)17(4)12-18)23-22(25)14-24(29(6,26)27)19-10-8-15(2)16(3)13-19/h8-13,20H,7,14H2,1-6H3,(H,23,25)/t20-/m0/s1. The first-order valence-electron chi connectivity index (χ1n) is 9.55. The van der Waals surface area contributed by atoms with Crippen molar-refractivity contribution < 1.29 is 17.9 Å². The molecule has 1 atom stereocenters. The first-order chi connectivity index (χ1) is 13.6. The summed E-state index contributed by atoms with van der Waals surface area (Å²) in [6, 6.07) is 10.9. The van der Waals surface area contributed by atoms with Gasteiger partial charge in [-0.25, -0.2) is 8.42 Å². The fraction of sp³-hybridized carbons (Fsp3) is 0.409. The van der Waals surface area contributed by atoms with Crippen molar-refractivity contribution in [3.63, 3.8) is 0 Å². The molecule has 2 aromatic carbocycles. The number of rotatable bonds is 8. The molecule has 0 spiro atoms. The maximum Gasteiger partial charge on any atom is 0.241 e. The number of benzene rings is 2. The second-order valence-corrected chi connectivity index (χ2v) is 9.20. The normalized spacial score (nSPS) is 12.3. The maximum atomic E-state index is 12.7. The van der Waals surface area contributed by atoms with Crippen LogP contribution in [0.25, 0.3) is 0 Å². The van der Waals surface area contributed by atoms with Gasteiger partial charge in [0, 0.05) is 0 Å². The molecule has 2 aromatic rings. The Hall–Kier alpha value is -2.54. The molecule has 0 saturated heterocycles. The first-order valence-corrected chi connectivity index (χ1v) is 11.4. The summed E-state index contributed by atoms with van der Waals surface area (Å²) >= 11 is 0. The number of hydrogen-bond acceptors (Lipinski definition) is 4. The van der Waals surface area contributed by atoms with Crippen LogP contribution >= 0.6 is 0 Å². The minimum Gasteiger partial charge on any atom is -0.496 e. The largest absolute Gasteiger partial charge is 0.496 e. The lowest BCUT2D eigenvalue weighted by Gasteiger charge is -2.25. The van der Waals surface area contributed by atoms with Crippen LogP contribution in [0.1, 0.15) is 41.6 Å². The summed E-state index contributed by atoms with van der Waals surface area (Å²) in [7, 11) is -1.99. The third-order valence-corrected chi connectivity index (χ3v) is 6.17. The lowest BCUT2D eigenvalue weighted by molar-refractivity contribution is -0.120. The Kier molecular flexibility index (Phi) is 7.30. The molecule has 0 aliphatic rings. The van der Waals surface area contributed by atoms with Gasteiger partial charge in [-0.05, 0) is 67.6 Å². The molecular formula is C22H30N2O4S. The summed E-state index contributed by atoms with van der Waals surface area (Å²) in [6.07, 6.45) is 1.79. The molecule has 1 N–H and O–H groups in total. The zero-order valence-electron chi connectivity index (χ0n) is 17.9. The Balaban J connectivity index is 2.22. The van der Waals surface area contributed by atoms with Crippen molar-refractivity contribution in [1.29, 1.82) is 0 Å². The minimum atomic E-state index is -3.61. The highest BCUT2D eigenvalue weighted by Gasteiger charge is 2.23. The van der Waals surface area contributed by atoms with Crippen LogP contribution in [0.4, 0.5) is 5.69 Å². The van der Waals surface area contributed by atoms with Gasteiger partial charge in [0.25, 0.3) is 0 Å². The molecule has 2 rings (SSSR count). The van der Waals surface area contributed by atoms with Gasteiger partial charge in [-0.2, -0.15) is 0 Å². The number of methoxy groups -OCH3 is 1. The lowest BCUT2D eigenvalue weighted by Crippen LogP contribution is -2.41. The summed E-state index contributed by atoms with van der Waals surface area (Å²) in [5.74, 6) is 0.432. The van der Waals surface area contributed by atoms with Crippen LogP contribution in [-0.2, 0) is 14.8 Å². The highest BCUT2D eigenvalue weighted by Crippen LogP contribution is 2.25. The third kappa shape index (κ3) is 5.73. The van der Waals surface area contributed by atoms with Crippen molar-refractivity contribution in [2.75, 3.05) is 24.2 Å². The van der Waals surface area contributed by atoms with Gasteiger partial charge in [-0.15, -0.1) is 0 Å². The van der Waals surface area contributed by atoms with E-state index in [2.05, 4.69) is 5.32 Å². The van der Waals surface area contributed by atoms with Crippen LogP contribution in [0.2, 0.25) is 0 Å². The zero-order valence-corrected chi connectivity index (χ0v) is 18.8. The average molecular weight is 419 g/mol. The molecule has 0 bridgehead atoms. The molecule has 6 nitrogen and oxygen atoms in total. The minimum absolute atomic E-state index is 0.215. The average Bonchev–Trinajstić information content (AvgIpc) is 2.65. The maximum absolute atomic E-state index is 12.7. The predicted molar refractivity (Wildman–Crippen MR) is 117 cm³/mol. The van der Waals surface area contributed by atoms with E-state index in [0.29, 0.717) is 12.1 Å². The smallest absolute Gasteiger partial charge is 0.241 e. The molecule has 0 aliphatic heterocycles. The van der Waals surface area contributed by atoms with Gasteiger partial charge < -0.3 is 10.1 Å². The fourth-order valence-corrected chi connectivity index (χ4v) is 4.04. The summed E-state index contributed by atoms with van der Waals surface area (Å²) in [4.78, 5) is 12.7. The number of sulfonamides is 1. The van der Waals surface area contributed by atoms with Gasteiger partial charge in [0.05, 0.1) is 25.1 Å². The van der Waals surface area contributed by atoms with E-state index in [-0.39, 0.29) is 18.5 Å². The molecule has 0 unspecified atom stereocenters. The molecule has 0 heterocycles. The molecule has 0 fully saturated rings. The zero-order chi connectivity index (χ0) is 21.8. The lowest BCUT2D eigenvalue weighted by atomic mass is 10.0. The van der Waals surface area contributed by atoms with Gasteiger partial charge in [-0.3, -0.25) is 9.10 Å². The van der Waals surface area contributed by atoms with Gasteiger partial charge in [-0.1, -0.05) is 25.1 Å². The Bertz CT molecular complexity index is 986. The van der Waals surface area contributed by atoms with Crippen molar-refractivity contribution in [2.24, 2.45) is 0 Å². The van der Waals surface area contributed by atoms with Gasteiger partial charge >= 0.3 is 0 Å². The summed E-state index contributed by atoms with van der Waals surface area (Å²) in [6.45, 7) is 7.52. The third-order valence-electron chi connectivity index (χ3n) is 5.03. The monoisotopic (exact) mass is 418 g/mol. The highest BCUT2D eigenvalue weighted by atomic mass is 32.2. The van der Waals surface area contributed by atoms with Gasteiger partial charge in [0.2, 0.25) is 15.9 Å². The number of ether oxygens (including phenoxy) is 1. The van der Waals surface area contributed by atoms with Crippen LogP contribution in [0.5, 0.6) is 5.75 Å². The Morgan fingerprint density at radius 3 is 2.28 bits per heavy atom. The Morgan fingerprint density at radius 2 is 1.76 bits per heavy atom. The molecule has 7 heteroatoms. The van der Waals surface area contributed by atoms with Crippen molar-refractivity contribution in [3.05, 3.63) is 58.7 Å². The van der Waals surface area contributed by atoms with E-state index in [4.69, 9.17) is 4.74 Å². The van der Waals surface area contributed by atoms with E-state index in [0.717, 1.165) is 38.6 Å².